The molecule has 0 atom stereocenters. The zero-order valence-electron chi connectivity index (χ0n) is 15.1. The molecule has 0 aromatic carbocycles. The van der Waals surface area contributed by atoms with Crippen molar-refractivity contribution in [3.05, 3.63) is 0 Å². The van der Waals surface area contributed by atoms with Crippen LogP contribution in [0.3, 0.4) is 0 Å². The molecule has 5 heteroatoms. The van der Waals surface area contributed by atoms with Crippen molar-refractivity contribution in [3.63, 3.8) is 0 Å². The Morgan fingerprint density at radius 2 is 1.74 bits per heavy atom. The molecule has 2 heterocycles. The van der Waals surface area contributed by atoms with Gasteiger partial charge in [-0.3, -0.25) is 0 Å². The summed E-state index contributed by atoms with van der Waals surface area (Å²) in [7, 11) is 0. The van der Waals surface area contributed by atoms with Gasteiger partial charge in [-0.1, -0.05) is 0 Å². The Morgan fingerprint density at radius 3 is 2.35 bits per heavy atom. The van der Waals surface area contributed by atoms with Crippen LogP contribution < -0.4 is 5.32 Å². The zero-order chi connectivity index (χ0) is 16.7. The highest BCUT2D eigenvalue weighted by Gasteiger charge is 2.26. The van der Waals surface area contributed by atoms with Crippen molar-refractivity contribution in [1.82, 2.24) is 10.2 Å². The molecule has 23 heavy (non-hydrogen) atoms. The number of nitrogens with zero attached hydrogens (tertiary/aromatic N) is 1. The smallest absolute Gasteiger partial charge is 0.410 e. The van der Waals surface area contributed by atoms with Gasteiger partial charge >= 0.3 is 6.09 Å². The number of piperidine rings is 2. The molecule has 0 spiro atoms. The lowest BCUT2D eigenvalue weighted by Crippen LogP contribution is -2.42. The number of hydrogen-bond donors (Lipinski definition) is 1. The molecule has 0 aliphatic carbocycles. The average molecular weight is 326 g/mol. The topological polar surface area (TPSA) is 50.8 Å². The molecular weight excluding hydrogens is 292 g/mol. The third-order valence-electron chi connectivity index (χ3n) is 4.75. The van der Waals surface area contributed by atoms with E-state index >= 15 is 0 Å². The van der Waals surface area contributed by atoms with E-state index < -0.39 is 5.60 Å². The third kappa shape index (κ3) is 7.08. The highest BCUT2D eigenvalue weighted by Crippen LogP contribution is 2.21. The first-order chi connectivity index (χ1) is 10.9. The van der Waals surface area contributed by atoms with Gasteiger partial charge in [-0.25, -0.2) is 4.79 Å². The van der Waals surface area contributed by atoms with Crippen LogP contribution in [0, 0.1) is 11.8 Å². The maximum atomic E-state index is 12.0. The van der Waals surface area contributed by atoms with E-state index in [1.807, 2.05) is 25.7 Å². The van der Waals surface area contributed by atoms with Crippen molar-refractivity contribution in [2.75, 3.05) is 39.4 Å². The minimum absolute atomic E-state index is 0.178. The highest BCUT2D eigenvalue weighted by atomic mass is 16.6. The summed E-state index contributed by atoms with van der Waals surface area (Å²) in [4.78, 5) is 13.9. The van der Waals surface area contributed by atoms with Crippen LogP contribution in [0.4, 0.5) is 4.79 Å². The summed E-state index contributed by atoms with van der Waals surface area (Å²) in [5, 5.41) is 3.40. The van der Waals surface area contributed by atoms with Crippen LogP contribution in [0.25, 0.3) is 0 Å². The number of ether oxygens (including phenoxy) is 2. The van der Waals surface area contributed by atoms with Crippen LogP contribution in [0.5, 0.6) is 0 Å². The van der Waals surface area contributed by atoms with Crippen molar-refractivity contribution >= 4 is 6.09 Å². The van der Waals surface area contributed by atoms with E-state index in [0.717, 1.165) is 58.2 Å². The normalized spacial score (nSPS) is 21.4. The van der Waals surface area contributed by atoms with Crippen LogP contribution in [-0.4, -0.2) is 56.0 Å². The Kier molecular flexibility index (Phi) is 7.15. The lowest BCUT2D eigenvalue weighted by atomic mass is 9.95. The van der Waals surface area contributed by atoms with Gasteiger partial charge in [0.2, 0.25) is 0 Å². The SMILES string of the molecule is CC(C)(C)OC(=O)N1CCC(COCCC2CCNCC2)CC1. The van der Waals surface area contributed by atoms with E-state index in [1.54, 1.807) is 0 Å². The van der Waals surface area contributed by atoms with Gasteiger partial charge in [-0.2, -0.15) is 0 Å². The Bertz CT molecular complexity index is 354. The minimum Gasteiger partial charge on any atom is -0.444 e. The van der Waals surface area contributed by atoms with Gasteiger partial charge in [-0.05, 0) is 77.8 Å². The molecule has 2 saturated heterocycles. The monoisotopic (exact) mass is 326 g/mol. The summed E-state index contributed by atoms with van der Waals surface area (Å²) >= 11 is 0. The second-order valence-electron chi connectivity index (χ2n) is 7.97. The molecular formula is C18H34N2O3. The van der Waals surface area contributed by atoms with Crippen molar-refractivity contribution in [3.8, 4) is 0 Å². The summed E-state index contributed by atoms with van der Waals surface area (Å²) < 4.78 is 11.3. The molecule has 134 valence electrons. The molecule has 0 bridgehead atoms. The Morgan fingerprint density at radius 1 is 1.09 bits per heavy atom. The first-order valence-corrected chi connectivity index (χ1v) is 9.20. The third-order valence-corrected chi connectivity index (χ3v) is 4.75. The largest absolute Gasteiger partial charge is 0.444 e. The van der Waals surface area contributed by atoms with E-state index in [0.29, 0.717) is 5.92 Å². The Labute approximate surface area is 141 Å². The van der Waals surface area contributed by atoms with Crippen LogP contribution in [-0.2, 0) is 9.47 Å². The summed E-state index contributed by atoms with van der Waals surface area (Å²) in [6.07, 6.45) is 5.63. The van der Waals surface area contributed by atoms with Gasteiger partial charge < -0.3 is 19.7 Å². The molecule has 1 amide bonds. The fourth-order valence-corrected chi connectivity index (χ4v) is 3.28. The number of carbonyl (C=O) groups excluding carboxylic acids is 1. The molecule has 2 rings (SSSR count). The van der Waals surface area contributed by atoms with Gasteiger partial charge in [0.25, 0.3) is 0 Å². The van der Waals surface area contributed by atoms with E-state index in [9.17, 15) is 4.79 Å². The van der Waals surface area contributed by atoms with Gasteiger partial charge in [0, 0.05) is 26.3 Å². The van der Waals surface area contributed by atoms with Gasteiger partial charge in [0.1, 0.15) is 5.60 Å². The summed E-state index contributed by atoms with van der Waals surface area (Å²) in [6.45, 7) is 11.4. The number of hydrogen-bond acceptors (Lipinski definition) is 4. The van der Waals surface area contributed by atoms with Crippen molar-refractivity contribution in [2.24, 2.45) is 11.8 Å². The molecule has 0 unspecified atom stereocenters. The Hall–Kier alpha value is -0.810. The van der Waals surface area contributed by atoms with Crippen molar-refractivity contribution in [2.45, 2.75) is 58.5 Å². The molecule has 2 aliphatic heterocycles. The van der Waals surface area contributed by atoms with Crippen LogP contribution >= 0.6 is 0 Å². The van der Waals surface area contributed by atoms with E-state index in [2.05, 4.69) is 5.32 Å². The molecule has 5 nitrogen and oxygen atoms in total. The summed E-state index contributed by atoms with van der Waals surface area (Å²) in [6, 6.07) is 0. The molecule has 0 aromatic heterocycles. The van der Waals surface area contributed by atoms with Crippen molar-refractivity contribution in [1.29, 1.82) is 0 Å². The molecule has 0 saturated carbocycles. The van der Waals surface area contributed by atoms with Crippen molar-refractivity contribution < 1.29 is 14.3 Å². The fourth-order valence-electron chi connectivity index (χ4n) is 3.28. The van der Waals surface area contributed by atoms with Crippen LogP contribution in [0.2, 0.25) is 0 Å². The minimum atomic E-state index is -0.411. The number of rotatable bonds is 5. The first-order valence-electron chi connectivity index (χ1n) is 9.20. The number of carbonyl (C=O) groups is 1. The fraction of sp³-hybridized carbons (Fsp3) is 0.944. The maximum Gasteiger partial charge on any atom is 0.410 e. The molecule has 2 fully saturated rings. The van der Waals surface area contributed by atoms with E-state index in [4.69, 9.17) is 9.47 Å². The second kappa shape index (κ2) is 8.88. The lowest BCUT2D eigenvalue weighted by Gasteiger charge is -2.33. The molecule has 0 radical (unpaired) electrons. The molecule has 2 aliphatic rings. The predicted molar refractivity (Wildman–Crippen MR) is 91.6 cm³/mol. The predicted octanol–water partition coefficient (Wildman–Crippen LogP) is 3.04. The average Bonchev–Trinajstić information content (AvgIpc) is 2.51. The second-order valence-corrected chi connectivity index (χ2v) is 7.97. The highest BCUT2D eigenvalue weighted by molar-refractivity contribution is 5.68. The molecule has 1 N–H and O–H groups in total. The van der Waals surface area contributed by atoms with E-state index in [-0.39, 0.29) is 6.09 Å². The van der Waals surface area contributed by atoms with Crippen LogP contribution in [0.15, 0.2) is 0 Å². The number of nitrogens with one attached hydrogen (secondary N) is 1. The molecule has 0 aromatic rings. The zero-order valence-corrected chi connectivity index (χ0v) is 15.1. The maximum absolute atomic E-state index is 12.0. The van der Waals surface area contributed by atoms with Crippen LogP contribution in [0.1, 0.15) is 52.9 Å². The Balaban J connectivity index is 1.55. The number of amides is 1. The standard InChI is InChI=1S/C18H34N2O3/c1-18(2,3)23-17(21)20-11-6-16(7-12-20)14-22-13-8-15-4-9-19-10-5-15/h15-16,19H,4-14H2,1-3H3. The summed E-state index contributed by atoms with van der Waals surface area (Å²) in [5.74, 6) is 1.42. The van der Waals surface area contributed by atoms with E-state index in [1.165, 1.54) is 19.3 Å². The summed E-state index contributed by atoms with van der Waals surface area (Å²) in [5.41, 5.74) is -0.411. The quantitative estimate of drug-likeness (QED) is 0.789. The van der Waals surface area contributed by atoms with Gasteiger partial charge in [0.05, 0.1) is 0 Å². The first kappa shape index (κ1) is 18.5. The van der Waals surface area contributed by atoms with Gasteiger partial charge in [-0.15, -0.1) is 0 Å². The lowest BCUT2D eigenvalue weighted by molar-refractivity contribution is 0.0108. The number of likely N-dealkylation sites (tertiary alicyclic amines) is 1. The van der Waals surface area contributed by atoms with Gasteiger partial charge in [0.15, 0.2) is 0 Å².